The zero-order valence-corrected chi connectivity index (χ0v) is 25.0. The lowest BCUT2D eigenvalue weighted by Crippen LogP contribution is -2.10. The van der Waals surface area contributed by atoms with Crippen molar-refractivity contribution in [2.45, 2.75) is 0 Å². The number of hydrogen-bond acceptors (Lipinski definition) is 4. The molecule has 6 aromatic carbocycles. The molecule has 3 heterocycles. The van der Waals surface area contributed by atoms with E-state index in [2.05, 4.69) is 143 Å². The molecule has 0 saturated heterocycles. The highest BCUT2D eigenvalue weighted by Crippen LogP contribution is 2.44. The van der Waals surface area contributed by atoms with Crippen molar-refractivity contribution in [3.05, 3.63) is 158 Å². The zero-order valence-electron chi connectivity index (χ0n) is 24.2. The quantitative estimate of drug-likeness (QED) is 0.198. The average molecular weight is 595 g/mol. The van der Waals surface area contributed by atoms with E-state index in [4.69, 9.17) is 4.42 Å². The third-order valence-electron chi connectivity index (χ3n) is 8.54. The minimum atomic E-state index is 0.876. The summed E-state index contributed by atoms with van der Waals surface area (Å²) in [7, 11) is 0. The maximum absolute atomic E-state index is 6.30. The van der Waals surface area contributed by atoms with Gasteiger partial charge in [0.05, 0.1) is 21.3 Å². The van der Waals surface area contributed by atoms with Crippen LogP contribution < -0.4 is 4.90 Å². The van der Waals surface area contributed by atoms with E-state index >= 15 is 0 Å². The molecule has 9 rings (SSSR count). The number of nitrogens with zero attached hydrogens (tertiary/aromatic N) is 2. The van der Waals surface area contributed by atoms with Crippen LogP contribution in [0.2, 0.25) is 0 Å². The Morgan fingerprint density at radius 2 is 1.16 bits per heavy atom. The maximum atomic E-state index is 6.30. The Kier molecular flexibility index (Phi) is 6.00. The van der Waals surface area contributed by atoms with Crippen LogP contribution in [0.5, 0.6) is 0 Å². The predicted octanol–water partition coefficient (Wildman–Crippen LogP) is 12.2. The number of hydrogen-bond donors (Lipinski definition) is 0. The Labute approximate surface area is 264 Å². The number of thiophene rings is 1. The molecule has 45 heavy (non-hydrogen) atoms. The SMILES string of the molecule is c1ccc(-c2ccc(N(c3ccc(-c4ccc5sc6cccnc6c5c4)cc3)c3cccc4oc5ccccc5c34)cc2)cc1. The molecule has 3 aromatic heterocycles. The van der Waals surface area contributed by atoms with Gasteiger partial charge in [-0.05, 0) is 89.0 Å². The third kappa shape index (κ3) is 4.38. The fraction of sp³-hybridized carbons (Fsp3) is 0. The number of aromatic nitrogens is 1. The van der Waals surface area contributed by atoms with E-state index < -0.39 is 0 Å². The van der Waals surface area contributed by atoms with Gasteiger partial charge < -0.3 is 9.32 Å². The highest BCUT2D eigenvalue weighted by atomic mass is 32.1. The van der Waals surface area contributed by atoms with Crippen LogP contribution in [-0.2, 0) is 0 Å². The number of pyridine rings is 1. The summed E-state index contributed by atoms with van der Waals surface area (Å²) in [6.07, 6.45) is 1.88. The van der Waals surface area contributed by atoms with Crippen LogP contribution in [0.1, 0.15) is 0 Å². The topological polar surface area (TPSA) is 29.3 Å². The van der Waals surface area contributed by atoms with Crippen LogP contribution in [0.15, 0.2) is 162 Å². The Morgan fingerprint density at radius 3 is 1.96 bits per heavy atom. The molecule has 0 saturated carbocycles. The largest absolute Gasteiger partial charge is 0.456 e. The molecule has 0 aliphatic carbocycles. The molecule has 3 nitrogen and oxygen atoms in total. The van der Waals surface area contributed by atoms with Gasteiger partial charge >= 0.3 is 0 Å². The summed E-state index contributed by atoms with van der Waals surface area (Å²) in [5.41, 5.74) is 10.8. The van der Waals surface area contributed by atoms with Crippen LogP contribution in [0.3, 0.4) is 0 Å². The average Bonchev–Trinajstić information content (AvgIpc) is 3.68. The first-order valence-electron chi connectivity index (χ1n) is 15.0. The molecule has 0 unspecified atom stereocenters. The molecule has 0 N–H and O–H groups in total. The number of rotatable bonds is 5. The molecule has 0 fully saturated rings. The van der Waals surface area contributed by atoms with Gasteiger partial charge in [0.2, 0.25) is 0 Å². The molecule has 0 aliphatic rings. The van der Waals surface area contributed by atoms with Crippen molar-refractivity contribution >= 4 is 70.6 Å². The number of anilines is 3. The van der Waals surface area contributed by atoms with Crippen LogP contribution in [0.25, 0.3) is 64.5 Å². The van der Waals surface area contributed by atoms with Crippen LogP contribution in [0.4, 0.5) is 17.1 Å². The van der Waals surface area contributed by atoms with Crippen molar-refractivity contribution in [3.8, 4) is 22.3 Å². The van der Waals surface area contributed by atoms with Crippen molar-refractivity contribution in [3.63, 3.8) is 0 Å². The van der Waals surface area contributed by atoms with Gasteiger partial charge in [0.15, 0.2) is 0 Å². The Hall–Kier alpha value is -5.71. The molecule has 0 bridgehead atoms. The summed E-state index contributed by atoms with van der Waals surface area (Å²) in [6, 6.07) is 53.7. The first kappa shape index (κ1) is 25.8. The smallest absolute Gasteiger partial charge is 0.137 e. The molecule has 0 amide bonds. The van der Waals surface area contributed by atoms with E-state index in [1.54, 1.807) is 11.3 Å². The predicted molar refractivity (Wildman–Crippen MR) is 190 cm³/mol. The van der Waals surface area contributed by atoms with Crippen molar-refractivity contribution in [1.29, 1.82) is 0 Å². The first-order chi connectivity index (χ1) is 22.3. The fourth-order valence-electron chi connectivity index (χ4n) is 6.38. The lowest BCUT2D eigenvalue weighted by atomic mass is 10.0. The summed E-state index contributed by atoms with van der Waals surface area (Å²) < 4.78 is 8.77. The molecule has 0 radical (unpaired) electrons. The van der Waals surface area contributed by atoms with E-state index in [1.807, 2.05) is 24.4 Å². The van der Waals surface area contributed by atoms with Crippen molar-refractivity contribution in [2.24, 2.45) is 0 Å². The van der Waals surface area contributed by atoms with Gasteiger partial charge in [-0.15, -0.1) is 11.3 Å². The summed E-state index contributed by atoms with van der Waals surface area (Å²) in [5.74, 6) is 0. The second kappa shape index (κ2) is 10.5. The molecule has 4 heteroatoms. The highest BCUT2D eigenvalue weighted by Gasteiger charge is 2.19. The van der Waals surface area contributed by atoms with Gasteiger partial charge in [-0.2, -0.15) is 0 Å². The summed E-state index contributed by atoms with van der Waals surface area (Å²) in [6.45, 7) is 0. The minimum absolute atomic E-state index is 0.876. The monoisotopic (exact) mass is 594 g/mol. The molecule has 9 aromatic rings. The standard InChI is InChI=1S/C41H26N2OS/c1-2-8-27(9-3-1)28-15-20-31(21-16-28)43(35-11-6-13-37-40(35)33-10-4-5-12-36(33)44-37)32-22-17-29(18-23-32)30-19-24-38-34(26-30)41-39(45-38)14-7-25-42-41/h1-26H. The lowest BCUT2D eigenvalue weighted by Gasteiger charge is -2.26. The second-order valence-electron chi connectivity index (χ2n) is 11.2. The van der Waals surface area contributed by atoms with E-state index in [0.717, 1.165) is 44.5 Å². The normalized spacial score (nSPS) is 11.6. The van der Waals surface area contributed by atoms with Gasteiger partial charge in [0.1, 0.15) is 11.2 Å². The van der Waals surface area contributed by atoms with Gasteiger partial charge in [-0.25, -0.2) is 0 Å². The van der Waals surface area contributed by atoms with Crippen LogP contribution >= 0.6 is 11.3 Å². The highest BCUT2D eigenvalue weighted by molar-refractivity contribution is 7.25. The number of fused-ring (bicyclic) bond motifs is 6. The minimum Gasteiger partial charge on any atom is -0.456 e. The Bertz CT molecular complexity index is 2480. The Morgan fingerprint density at radius 1 is 0.489 bits per heavy atom. The lowest BCUT2D eigenvalue weighted by molar-refractivity contribution is 0.669. The van der Waals surface area contributed by atoms with E-state index in [9.17, 15) is 0 Å². The van der Waals surface area contributed by atoms with Crippen molar-refractivity contribution in [2.75, 3.05) is 4.90 Å². The van der Waals surface area contributed by atoms with Crippen molar-refractivity contribution < 1.29 is 4.42 Å². The summed E-state index contributed by atoms with van der Waals surface area (Å²) >= 11 is 1.79. The number of para-hydroxylation sites is 1. The van der Waals surface area contributed by atoms with Gasteiger partial charge in [-0.1, -0.05) is 84.9 Å². The van der Waals surface area contributed by atoms with Crippen molar-refractivity contribution in [1.82, 2.24) is 4.98 Å². The van der Waals surface area contributed by atoms with Gasteiger partial charge in [0, 0.05) is 33.0 Å². The summed E-state index contributed by atoms with van der Waals surface area (Å²) in [4.78, 5) is 7.01. The maximum Gasteiger partial charge on any atom is 0.137 e. The van der Waals surface area contributed by atoms with Gasteiger partial charge in [-0.3, -0.25) is 4.98 Å². The second-order valence-corrected chi connectivity index (χ2v) is 12.3. The van der Waals surface area contributed by atoms with E-state index in [1.165, 1.54) is 37.0 Å². The third-order valence-corrected chi connectivity index (χ3v) is 9.66. The number of furan rings is 1. The van der Waals surface area contributed by atoms with Gasteiger partial charge in [0.25, 0.3) is 0 Å². The van der Waals surface area contributed by atoms with E-state index in [-0.39, 0.29) is 0 Å². The zero-order chi connectivity index (χ0) is 29.7. The first-order valence-corrected chi connectivity index (χ1v) is 15.9. The molecule has 0 spiro atoms. The molecular weight excluding hydrogens is 569 g/mol. The molecule has 212 valence electrons. The van der Waals surface area contributed by atoms with E-state index in [0.29, 0.717) is 0 Å². The molecular formula is C41H26N2OS. The fourth-order valence-corrected chi connectivity index (χ4v) is 7.43. The van der Waals surface area contributed by atoms with Crippen LogP contribution in [-0.4, -0.2) is 4.98 Å². The number of benzene rings is 6. The molecule has 0 atom stereocenters. The Balaban J connectivity index is 1.18. The van der Waals surface area contributed by atoms with Crippen LogP contribution in [0, 0.1) is 0 Å². The summed E-state index contributed by atoms with van der Waals surface area (Å²) in [5, 5.41) is 3.41. The molecule has 0 aliphatic heterocycles.